The Morgan fingerprint density at radius 3 is 2.32 bits per heavy atom. The minimum Gasteiger partial charge on any atom is -0.496 e. The fourth-order valence-electron chi connectivity index (χ4n) is 2.78. The predicted molar refractivity (Wildman–Crippen MR) is 109 cm³/mol. The number of amides is 1. The van der Waals surface area contributed by atoms with Gasteiger partial charge in [-0.1, -0.05) is 26.0 Å². The van der Waals surface area contributed by atoms with Gasteiger partial charge in [-0.25, -0.2) is 8.42 Å². The fourth-order valence-corrected chi connectivity index (χ4v) is 4.26. The van der Waals surface area contributed by atoms with E-state index in [-0.39, 0.29) is 16.2 Å². The van der Waals surface area contributed by atoms with E-state index in [4.69, 9.17) is 9.47 Å². The number of methoxy groups -OCH3 is 1. The smallest absolute Gasteiger partial charge is 0.259 e. The lowest BCUT2D eigenvalue weighted by atomic mass is 10.1. The van der Waals surface area contributed by atoms with Crippen LogP contribution < -0.4 is 14.8 Å². The van der Waals surface area contributed by atoms with Gasteiger partial charge in [-0.2, -0.15) is 4.31 Å². The average molecular weight is 407 g/mol. The molecule has 1 N–H and O–H groups in total. The second-order valence-corrected chi connectivity index (χ2v) is 7.77. The molecule has 0 aliphatic rings. The zero-order chi connectivity index (χ0) is 20.7. The number of para-hydroxylation sites is 2. The first-order valence-electron chi connectivity index (χ1n) is 9.10. The van der Waals surface area contributed by atoms with Gasteiger partial charge in [-0.15, -0.1) is 0 Å². The lowest BCUT2D eigenvalue weighted by molar-refractivity contribution is 0.102. The van der Waals surface area contributed by atoms with Crippen molar-refractivity contribution in [3.05, 3.63) is 48.0 Å². The number of hydrogen-bond acceptors (Lipinski definition) is 5. The molecule has 0 radical (unpaired) electrons. The Labute approximate surface area is 166 Å². The molecule has 0 spiro atoms. The van der Waals surface area contributed by atoms with Crippen molar-refractivity contribution in [2.24, 2.45) is 0 Å². The van der Waals surface area contributed by atoms with Crippen LogP contribution in [0.2, 0.25) is 0 Å². The fraction of sp³-hybridized carbons (Fsp3) is 0.350. The van der Waals surface area contributed by atoms with E-state index in [1.165, 1.54) is 29.6 Å². The molecule has 0 unspecified atom stereocenters. The number of benzene rings is 2. The highest BCUT2D eigenvalue weighted by atomic mass is 32.2. The minimum atomic E-state index is -3.70. The van der Waals surface area contributed by atoms with Crippen molar-refractivity contribution in [2.75, 3.05) is 32.1 Å². The molecule has 0 fully saturated rings. The molecule has 152 valence electrons. The third-order valence-electron chi connectivity index (χ3n) is 4.19. The number of nitrogens with zero attached hydrogens (tertiary/aromatic N) is 1. The summed E-state index contributed by atoms with van der Waals surface area (Å²) in [5.41, 5.74) is 0.621. The molecule has 0 aliphatic heterocycles. The number of hydrogen-bond donors (Lipinski definition) is 1. The van der Waals surface area contributed by atoms with Crippen LogP contribution in [0.3, 0.4) is 0 Å². The van der Waals surface area contributed by atoms with Gasteiger partial charge < -0.3 is 14.8 Å². The van der Waals surface area contributed by atoms with Crippen LogP contribution in [-0.4, -0.2) is 45.4 Å². The topological polar surface area (TPSA) is 84.9 Å². The molecule has 0 heterocycles. The molecule has 8 heteroatoms. The summed E-state index contributed by atoms with van der Waals surface area (Å²) in [6, 6.07) is 11.3. The summed E-state index contributed by atoms with van der Waals surface area (Å²) in [4.78, 5) is 12.9. The molecule has 0 saturated heterocycles. The third-order valence-corrected chi connectivity index (χ3v) is 6.24. The number of carbonyl (C=O) groups excluding carboxylic acids is 1. The number of rotatable bonds is 9. The number of ether oxygens (including phenoxy) is 2. The van der Waals surface area contributed by atoms with Gasteiger partial charge in [0.2, 0.25) is 10.0 Å². The molecule has 2 aromatic rings. The maximum absolute atomic E-state index is 12.9. The third kappa shape index (κ3) is 4.63. The first kappa shape index (κ1) is 21.7. The maximum Gasteiger partial charge on any atom is 0.259 e. The predicted octanol–water partition coefficient (Wildman–Crippen LogP) is 3.38. The van der Waals surface area contributed by atoms with Crippen LogP contribution in [0.15, 0.2) is 47.4 Å². The molecule has 0 aliphatic carbocycles. The molecule has 28 heavy (non-hydrogen) atoms. The molecule has 1 amide bonds. The number of carbonyl (C=O) groups is 1. The molecule has 7 nitrogen and oxygen atoms in total. The molecular formula is C20H26N2O5S. The lowest BCUT2D eigenvalue weighted by Gasteiger charge is -2.19. The molecule has 2 aromatic carbocycles. The summed E-state index contributed by atoms with van der Waals surface area (Å²) in [5, 5.41) is 2.77. The van der Waals surface area contributed by atoms with E-state index >= 15 is 0 Å². The van der Waals surface area contributed by atoms with Crippen LogP contribution >= 0.6 is 0 Å². The maximum atomic E-state index is 12.9. The van der Waals surface area contributed by atoms with Crippen LogP contribution in [0.1, 0.15) is 31.1 Å². The van der Waals surface area contributed by atoms with Gasteiger partial charge in [0.1, 0.15) is 11.5 Å². The van der Waals surface area contributed by atoms with Gasteiger partial charge >= 0.3 is 0 Å². The number of nitrogens with one attached hydrogen (secondary N) is 1. The Morgan fingerprint density at radius 1 is 1.04 bits per heavy atom. The Bertz CT molecular complexity index is 924. The highest BCUT2D eigenvalue weighted by Crippen LogP contribution is 2.28. The average Bonchev–Trinajstić information content (AvgIpc) is 2.69. The van der Waals surface area contributed by atoms with E-state index in [0.717, 1.165) is 0 Å². The number of anilines is 1. The van der Waals surface area contributed by atoms with Crippen molar-refractivity contribution >= 4 is 21.6 Å². The molecule has 0 aromatic heterocycles. The van der Waals surface area contributed by atoms with Crippen LogP contribution in [0.5, 0.6) is 11.5 Å². The second kappa shape index (κ2) is 9.57. The minimum absolute atomic E-state index is 0.0419. The quantitative estimate of drug-likeness (QED) is 0.690. The Kier molecular flexibility index (Phi) is 7.42. The summed E-state index contributed by atoms with van der Waals surface area (Å²) in [7, 11) is -2.27. The van der Waals surface area contributed by atoms with Crippen molar-refractivity contribution in [1.29, 1.82) is 0 Å². The zero-order valence-electron chi connectivity index (χ0n) is 16.6. The molecule has 0 atom stereocenters. The Hall–Kier alpha value is -2.58. The van der Waals surface area contributed by atoms with Crippen LogP contribution in [0, 0.1) is 0 Å². The van der Waals surface area contributed by atoms with Crippen LogP contribution in [-0.2, 0) is 10.0 Å². The van der Waals surface area contributed by atoms with Crippen molar-refractivity contribution in [3.63, 3.8) is 0 Å². The van der Waals surface area contributed by atoms with E-state index in [1.54, 1.807) is 38.1 Å². The van der Waals surface area contributed by atoms with Gasteiger partial charge in [0.15, 0.2) is 0 Å². The molecule has 0 saturated carbocycles. The normalized spacial score (nSPS) is 11.3. The Balaban J connectivity index is 2.43. The first-order valence-corrected chi connectivity index (χ1v) is 10.5. The summed E-state index contributed by atoms with van der Waals surface area (Å²) in [6.07, 6.45) is 0. The summed E-state index contributed by atoms with van der Waals surface area (Å²) in [5.74, 6) is 0.328. The van der Waals surface area contributed by atoms with E-state index in [2.05, 4.69) is 5.32 Å². The molecule has 2 rings (SSSR count). The lowest BCUT2D eigenvalue weighted by Crippen LogP contribution is -2.30. The largest absolute Gasteiger partial charge is 0.496 e. The van der Waals surface area contributed by atoms with Crippen molar-refractivity contribution in [3.8, 4) is 11.5 Å². The standard InChI is InChI=1S/C20H26N2O5S/c1-5-22(6-2)28(24,25)15-12-13-18(26-4)16(14-15)20(23)21-17-10-8-9-11-19(17)27-7-3/h8-14H,5-7H2,1-4H3,(H,21,23). The highest BCUT2D eigenvalue weighted by molar-refractivity contribution is 7.89. The van der Waals surface area contributed by atoms with E-state index < -0.39 is 15.9 Å². The first-order chi connectivity index (χ1) is 13.4. The van der Waals surface area contributed by atoms with E-state index in [9.17, 15) is 13.2 Å². The summed E-state index contributed by atoms with van der Waals surface area (Å²) in [6.45, 7) is 6.52. The van der Waals surface area contributed by atoms with E-state index in [0.29, 0.717) is 31.1 Å². The summed E-state index contributed by atoms with van der Waals surface area (Å²) < 4.78 is 37.7. The zero-order valence-corrected chi connectivity index (χ0v) is 17.4. The monoisotopic (exact) mass is 406 g/mol. The molecular weight excluding hydrogens is 380 g/mol. The Morgan fingerprint density at radius 2 is 1.71 bits per heavy atom. The van der Waals surface area contributed by atoms with Gasteiger partial charge in [0.05, 0.1) is 29.9 Å². The van der Waals surface area contributed by atoms with Gasteiger partial charge in [0, 0.05) is 13.1 Å². The van der Waals surface area contributed by atoms with Crippen molar-refractivity contribution < 1.29 is 22.7 Å². The van der Waals surface area contributed by atoms with Crippen LogP contribution in [0.4, 0.5) is 5.69 Å². The van der Waals surface area contributed by atoms with Crippen molar-refractivity contribution in [1.82, 2.24) is 4.31 Å². The van der Waals surface area contributed by atoms with Crippen LogP contribution in [0.25, 0.3) is 0 Å². The van der Waals surface area contributed by atoms with Gasteiger partial charge in [-0.3, -0.25) is 4.79 Å². The molecule has 0 bridgehead atoms. The van der Waals surface area contributed by atoms with Gasteiger partial charge in [-0.05, 0) is 37.3 Å². The van der Waals surface area contributed by atoms with Gasteiger partial charge in [0.25, 0.3) is 5.91 Å². The van der Waals surface area contributed by atoms with E-state index in [1.807, 2.05) is 6.92 Å². The number of sulfonamides is 1. The highest BCUT2D eigenvalue weighted by Gasteiger charge is 2.24. The van der Waals surface area contributed by atoms with Crippen molar-refractivity contribution in [2.45, 2.75) is 25.7 Å². The summed E-state index contributed by atoms with van der Waals surface area (Å²) >= 11 is 0. The SMILES string of the molecule is CCOc1ccccc1NC(=O)c1cc(S(=O)(=O)N(CC)CC)ccc1OC. The second-order valence-electron chi connectivity index (χ2n) is 5.83.